The van der Waals surface area contributed by atoms with Crippen molar-refractivity contribution < 1.29 is 32.7 Å². The van der Waals surface area contributed by atoms with Crippen molar-refractivity contribution in [3.8, 4) is 5.75 Å². The number of nitrogens with two attached hydrogens (primary N) is 1. The zero-order chi connectivity index (χ0) is 14.4. The molecule has 0 saturated carbocycles. The number of carbonyl (C=O) groups excluding carboxylic acids is 1. The Labute approximate surface area is 106 Å². The number of ether oxygens (including phenoxy) is 1. The van der Waals surface area contributed by atoms with Gasteiger partial charge in [0.25, 0.3) is 0 Å². The molecule has 0 radical (unpaired) electrons. The maximum absolute atomic E-state index is 13.7. The zero-order valence-electron chi connectivity index (χ0n) is 9.47. The third-order valence-corrected chi connectivity index (χ3v) is 3.39. The highest BCUT2D eigenvalue weighted by molar-refractivity contribution is 7.50. The summed E-state index contributed by atoms with van der Waals surface area (Å²) in [4.78, 5) is 28.8. The average Bonchev–Trinajstić information content (AvgIpc) is 2.27. The van der Waals surface area contributed by atoms with E-state index in [0.29, 0.717) is 0 Å². The predicted molar refractivity (Wildman–Crippen MR) is 59.4 cm³/mol. The Morgan fingerprint density at radius 3 is 2.63 bits per heavy atom. The van der Waals surface area contributed by atoms with Gasteiger partial charge in [-0.1, -0.05) is 0 Å². The number of hydrogen-bond acceptors (Lipinski definition) is 4. The van der Waals surface area contributed by atoms with Crippen LogP contribution in [0.15, 0.2) is 6.07 Å². The fourth-order valence-electron chi connectivity index (χ4n) is 1.82. The molecule has 1 heterocycles. The van der Waals surface area contributed by atoms with E-state index in [-0.39, 0.29) is 12.0 Å². The Morgan fingerprint density at radius 1 is 1.42 bits per heavy atom. The van der Waals surface area contributed by atoms with Gasteiger partial charge in [-0.15, -0.1) is 0 Å². The van der Waals surface area contributed by atoms with Crippen molar-refractivity contribution in [2.75, 3.05) is 0 Å². The summed E-state index contributed by atoms with van der Waals surface area (Å²) in [6.07, 6.45) is -1.02. The van der Waals surface area contributed by atoms with Gasteiger partial charge >= 0.3 is 13.6 Å². The molecular formula is C10H10F2NO5P. The second kappa shape index (κ2) is 4.64. The fraction of sp³-hybridized carbons (Fsp3) is 0.300. The molecule has 0 fully saturated rings. The summed E-state index contributed by atoms with van der Waals surface area (Å²) in [7, 11) is -4.54. The van der Waals surface area contributed by atoms with Crippen LogP contribution in [0.2, 0.25) is 0 Å². The van der Waals surface area contributed by atoms with Crippen molar-refractivity contribution >= 4 is 13.6 Å². The van der Waals surface area contributed by atoms with E-state index in [0.717, 1.165) is 6.07 Å². The third-order valence-electron chi connectivity index (χ3n) is 2.64. The van der Waals surface area contributed by atoms with E-state index < -0.39 is 48.7 Å². The molecular weight excluding hydrogens is 283 g/mol. The lowest BCUT2D eigenvalue weighted by molar-refractivity contribution is -0.137. The lowest BCUT2D eigenvalue weighted by Crippen LogP contribution is -2.40. The maximum Gasteiger partial charge on any atom is 0.330 e. The van der Waals surface area contributed by atoms with Crippen LogP contribution in [0.25, 0.3) is 0 Å². The fourth-order valence-corrected chi connectivity index (χ4v) is 2.49. The van der Waals surface area contributed by atoms with Crippen molar-refractivity contribution in [3.63, 3.8) is 0 Å². The Kier molecular flexibility index (Phi) is 3.44. The van der Waals surface area contributed by atoms with Crippen LogP contribution in [0.3, 0.4) is 0 Å². The molecule has 0 amide bonds. The SMILES string of the molecule is NC1Cc2cc(CP(=O)(O)O)c(F)c(F)c2OC1=O. The lowest BCUT2D eigenvalue weighted by Gasteiger charge is -2.22. The van der Waals surface area contributed by atoms with Gasteiger partial charge in [-0.3, -0.25) is 4.57 Å². The van der Waals surface area contributed by atoms with Crippen LogP contribution >= 0.6 is 7.60 Å². The number of esters is 1. The molecule has 0 bridgehead atoms. The Balaban J connectivity index is 2.51. The summed E-state index contributed by atoms with van der Waals surface area (Å²) < 4.78 is 42.7. The van der Waals surface area contributed by atoms with E-state index in [4.69, 9.17) is 15.5 Å². The summed E-state index contributed by atoms with van der Waals surface area (Å²) in [6, 6.07) is 0.0411. The van der Waals surface area contributed by atoms with Crippen LogP contribution < -0.4 is 10.5 Å². The molecule has 4 N–H and O–H groups in total. The number of fused-ring (bicyclic) bond motifs is 1. The van der Waals surface area contributed by atoms with Gasteiger partial charge in [0.15, 0.2) is 11.6 Å². The van der Waals surface area contributed by atoms with Crippen LogP contribution in [-0.4, -0.2) is 21.8 Å². The highest BCUT2D eigenvalue weighted by Gasteiger charge is 2.31. The van der Waals surface area contributed by atoms with Gasteiger partial charge in [0.2, 0.25) is 5.82 Å². The highest BCUT2D eigenvalue weighted by Crippen LogP contribution is 2.42. The average molecular weight is 293 g/mol. The number of hydrogen-bond donors (Lipinski definition) is 3. The molecule has 104 valence electrons. The molecule has 1 atom stereocenters. The minimum Gasteiger partial charge on any atom is -0.422 e. The molecule has 19 heavy (non-hydrogen) atoms. The maximum atomic E-state index is 13.7. The van der Waals surface area contributed by atoms with Gasteiger partial charge in [-0.2, -0.15) is 4.39 Å². The van der Waals surface area contributed by atoms with Crippen molar-refractivity contribution in [1.29, 1.82) is 0 Å². The Hall–Kier alpha value is -1.34. The standard InChI is InChI=1S/C10H10F2NO5P/c11-7-5(3-19(15,16)17)1-4-2-6(13)10(14)18-9(4)8(7)12/h1,6H,2-3,13H2,(H2,15,16,17). The first-order chi connectivity index (χ1) is 8.69. The molecule has 2 rings (SSSR count). The molecule has 1 aromatic rings. The molecule has 1 aliphatic rings. The first-order valence-corrected chi connectivity index (χ1v) is 7.00. The van der Waals surface area contributed by atoms with E-state index >= 15 is 0 Å². The minimum atomic E-state index is -4.54. The quantitative estimate of drug-likeness (QED) is 0.414. The smallest absolute Gasteiger partial charge is 0.330 e. The third kappa shape index (κ3) is 2.82. The van der Waals surface area contributed by atoms with Gasteiger partial charge in [-0.25, -0.2) is 9.18 Å². The predicted octanol–water partition coefficient (Wildman–Crippen LogP) is 0.431. The lowest BCUT2D eigenvalue weighted by atomic mass is 10.00. The normalized spacial score (nSPS) is 19.0. The molecule has 0 aliphatic carbocycles. The van der Waals surface area contributed by atoms with Gasteiger partial charge in [-0.05, 0) is 6.07 Å². The molecule has 9 heteroatoms. The van der Waals surface area contributed by atoms with E-state index in [1.807, 2.05) is 0 Å². The van der Waals surface area contributed by atoms with E-state index in [9.17, 15) is 18.1 Å². The summed E-state index contributed by atoms with van der Waals surface area (Å²) in [5.41, 5.74) is 5.04. The highest BCUT2D eigenvalue weighted by atomic mass is 31.2. The van der Waals surface area contributed by atoms with E-state index in [2.05, 4.69) is 4.74 Å². The van der Waals surface area contributed by atoms with Crippen LogP contribution in [-0.2, 0) is 21.9 Å². The number of carbonyl (C=O) groups is 1. The number of rotatable bonds is 2. The van der Waals surface area contributed by atoms with Gasteiger partial charge < -0.3 is 20.3 Å². The monoisotopic (exact) mass is 293 g/mol. The molecule has 1 unspecified atom stereocenters. The van der Waals surface area contributed by atoms with Crippen LogP contribution in [0.5, 0.6) is 5.75 Å². The summed E-state index contributed by atoms with van der Waals surface area (Å²) in [5.74, 6) is -4.33. The van der Waals surface area contributed by atoms with Crippen molar-refractivity contribution in [2.24, 2.45) is 5.73 Å². The molecule has 0 spiro atoms. The molecule has 6 nitrogen and oxygen atoms in total. The van der Waals surface area contributed by atoms with Gasteiger partial charge in [0.1, 0.15) is 6.04 Å². The second-order valence-electron chi connectivity index (χ2n) is 4.21. The second-order valence-corrected chi connectivity index (χ2v) is 5.85. The van der Waals surface area contributed by atoms with Crippen LogP contribution in [0.4, 0.5) is 8.78 Å². The van der Waals surface area contributed by atoms with E-state index in [1.165, 1.54) is 0 Å². The number of benzene rings is 1. The first-order valence-electron chi connectivity index (χ1n) is 5.20. The van der Waals surface area contributed by atoms with Crippen molar-refractivity contribution in [2.45, 2.75) is 18.6 Å². The first kappa shape index (κ1) is 14.1. The minimum absolute atomic E-state index is 0.0838. The van der Waals surface area contributed by atoms with Gasteiger partial charge in [0, 0.05) is 17.5 Å². The molecule has 1 aliphatic heterocycles. The largest absolute Gasteiger partial charge is 0.422 e. The Morgan fingerprint density at radius 2 is 2.05 bits per heavy atom. The summed E-state index contributed by atoms with van der Waals surface area (Å²) in [5, 5.41) is 0. The van der Waals surface area contributed by atoms with Crippen molar-refractivity contribution in [1.82, 2.24) is 0 Å². The molecule has 0 aromatic heterocycles. The summed E-state index contributed by atoms with van der Waals surface area (Å²) >= 11 is 0. The molecule has 0 saturated heterocycles. The topological polar surface area (TPSA) is 110 Å². The van der Waals surface area contributed by atoms with Crippen LogP contribution in [0, 0.1) is 11.6 Å². The molecule has 1 aromatic carbocycles. The number of halogens is 2. The Bertz CT molecular complexity index is 600. The van der Waals surface area contributed by atoms with Crippen LogP contribution in [0.1, 0.15) is 11.1 Å². The van der Waals surface area contributed by atoms with E-state index in [1.54, 1.807) is 0 Å². The zero-order valence-corrected chi connectivity index (χ0v) is 10.4. The summed E-state index contributed by atoms with van der Waals surface area (Å²) in [6.45, 7) is 0. The van der Waals surface area contributed by atoms with Crippen molar-refractivity contribution in [3.05, 3.63) is 28.8 Å². The van der Waals surface area contributed by atoms with Gasteiger partial charge in [0.05, 0.1) is 6.16 Å².